The third-order valence-electron chi connectivity index (χ3n) is 6.48. The zero-order chi connectivity index (χ0) is 23.0. The van der Waals surface area contributed by atoms with Crippen LogP contribution in [0, 0.1) is 5.92 Å². The van der Waals surface area contributed by atoms with Gasteiger partial charge in [-0.2, -0.15) is 0 Å². The Bertz CT molecular complexity index is 1280. The first-order valence-corrected chi connectivity index (χ1v) is 13.0. The lowest BCUT2D eigenvalue weighted by Gasteiger charge is -2.31. The molecule has 0 amide bonds. The topological polar surface area (TPSA) is 80.7 Å². The molecule has 1 heterocycles. The van der Waals surface area contributed by atoms with Crippen molar-refractivity contribution in [3.8, 4) is 16.9 Å². The average Bonchev–Trinajstić information content (AvgIpc) is 3.68. The van der Waals surface area contributed by atoms with Crippen LogP contribution < -0.4 is 4.74 Å². The van der Waals surface area contributed by atoms with Crippen LogP contribution in [0.5, 0.6) is 5.75 Å². The average molecular weight is 463 g/mol. The van der Waals surface area contributed by atoms with Crippen LogP contribution in [0.15, 0.2) is 72.8 Å². The predicted molar refractivity (Wildman–Crippen MR) is 127 cm³/mol. The Morgan fingerprint density at radius 2 is 1.70 bits per heavy atom. The molecule has 1 N–H and O–H groups in total. The van der Waals surface area contributed by atoms with Crippen LogP contribution in [0.4, 0.5) is 0 Å². The SMILES string of the molecule is O=C(CS(=O)(=O)C1CC1)c1ccccc1-c1ccc2c(c1)OC[C@@H](Cc1ccccc1)[C@@H]2O. The van der Waals surface area contributed by atoms with Crippen molar-refractivity contribution in [1.82, 2.24) is 0 Å². The predicted octanol–water partition coefficient (Wildman–Crippen LogP) is 4.40. The Labute approximate surface area is 194 Å². The molecule has 0 spiro atoms. The van der Waals surface area contributed by atoms with Crippen LogP contribution in [-0.4, -0.2) is 36.9 Å². The van der Waals surface area contributed by atoms with Gasteiger partial charge in [-0.25, -0.2) is 8.42 Å². The fourth-order valence-electron chi connectivity index (χ4n) is 4.48. The van der Waals surface area contributed by atoms with Gasteiger partial charge in [0.05, 0.1) is 18.0 Å². The Balaban J connectivity index is 1.40. The summed E-state index contributed by atoms with van der Waals surface area (Å²) in [6.07, 6.45) is 1.36. The van der Waals surface area contributed by atoms with Gasteiger partial charge >= 0.3 is 0 Å². The second-order valence-electron chi connectivity index (χ2n) is 8.93. The van der Waals surface area contributed by atoms with E-state index in [0.29, 0.717) is 36.3 Å². The van der Waals surface area contributed by atoms with E-state index in [2.05, 4.69) is 0 Å². The van der Waals surface area contributed by atoms with Gasteiger partial charge in [-0.1, -0.05) is 66.7 Å². The monoisotopic (exact) mass is 462 g/mol. The Morgan fingerprint density at radius 1 is 0.970 bits per heavy atom. The van der Waals surface area contributed by atoms with Gasteiger partial charge in [0, 0.05) is 17.0 Å². The highest BCUT2D eigenvalue weighted by Crippen LogP contribution is 2.40. The number of carbonyl (C=O) groups is 1. The summed E-state index contributed by atoms with van der Waals surface area (Å²) in [5.41, 5.74) is 3.70. The molecule has 170 valence electrons. The van der Waals surface area contributed by atoms with E-state index in [4.69, 9.17) is 4.74 Å². The van der Waals surface area contributed by atoms with Crippen molar-refractivity contribution in [2.24, 2.45) is 5.92 Å². The van der Waals surface area contributed by atoms with Gasteiger partial charge < -0.3 is 9.84 Å². The minimum Gasteiger partial charge on any atom is -0.493 e. The molecule has 0 aromatic heterocycles. The molecule has 0 saturated heterocycles. The summed E-state index contributed by atoms with van der Waals surface area (Å²) < 4.78 is 30.7. The molecule has 1 fully saturated rings. The summed E-state index contributed by atoms with van der Waals surface area (Å²) in [6.45, 7) is 0.396. The standard InChI is InChI=1S/C27H26O5S/c28-25(17-33(30,31)21-11-12-21)23-9-5-4-8-22(23)19-10-13-24-26(15-19)32-16-20(27(24)29)14-18-6-2-1-3-7-18/h1-10,13,15,20-21,27,29H,11-12,14,16-17H2/t20-,27+/m1/s1. The highest BCUT2D eigenvalue weighted by atomic mass is 32.2. The molecule has 0 radical (unpaired) electrons. The smallest absolute Gasteiger partial charge is 0.178 e. The summed E-state index contributed by atoms with van der Waals surface area (Å²) in [4.78, 5) is 12.9. The van der Waals surface area contributed by atoms with E-state index in [1.807, 2.05) is 60.7 Å². The van der Waals surface area contributed by atoms with E-state index in [1.54, 1.807) is 12.1 Å². The summed E-state index contributed by atoms with van der Waals surface area (Å²) in [7, 11) is -3.39. The number of ether oxygens (including phenoxy) is 1. The van der Waals surface area contributed by atoms with Crippen LogP contribution in [0.1, 0.15) is 40.4 Å². The number of hydrogen-bond acceptors (Lipinski definition) is 5. The second kappa shape index (κ2) is 8.76. The molecular weight excluding hydrogens is 436 g/mol. The molecule has 3 aromatic carbocycles. The molecule has 1 saturated carbocycles. The number of sulfone groups is 1. The first kappa shape index (κ1) is 21.9. The maximum Gasteiger partial charge on any atom is 0.178 e. The van der Waals surface area contributed by atoms with E-state index in [0.717, 1.165) is 23.1 Å². The van der Waals surface area contributed by atoms with E-state index < -0.39 is 21.7 Å². The molecule has 6 heteroatoms. The number of aliphatic hydroxyl groups excluding tert-OH is 1. The van der Waals surface area contributed by atoms with E-state index in [9.17, 15) is 18.3 Å². The zero-order valence-corrected chi connectivity index (χ0v) is 19.0. The molecule has 33 heavy (non-hydrogen) atoms. The number of ketones is 1. The van der Waals surface area contributed by atoms with Crippen LogP contribution in [0.25, 0.3) is 11.1 Å². The van der Waals surface area contributed by atoms with Crippen molar-refractivity contribution in [1.29, 1.82) is 0 Å². The first-order valence-electron chi connectivity index (χ1n) is 11.3. The first-order chi connectivity index (χ1) is 15.9. The molecule has 0 bridgehead atoms. The minimum absolute atomic E-state index is 0.0488. The normalized spacial score (nSPS) is 20.0. The Morgan fingerprint density at radius 3 is 2.45 bits per heavy atom. The summed E-state index contributed by atoms with van der Waals surface area (Å²) in [5.74, 6) is -0.306. The highest BCUT2D eigenvalue weighted by Gasteiger charge is 2.37. The van der Waals surface area contributed by atoms with E-state index in [1.165, 1.54) is 0 Å². The largest absolute Gasteiger partial charge is 0.493 e. The van der Waals surface area contributed by atoms with Gasteiger partial charge in [0.1, 0.15) is 11.5 Å². The number of aliphatic hydroxyl groups is 1. The van der Waals surface area contributed by atoms with Crippen LogP contribution in [-0.2, 0) is 16.3 Å². The van der Waals surface area contributed by atoms with Crippen molar-refractivity contribution >= 4 is 15.6 Å². The third kappa shape index (κ3) is 4.59. The number of carbonyl (C=O) groups excluding carboxylic acids is 1. The van der Waals surface area contributed by atoms with Crippen molar-refractivity contribution < 1.29 is 23.1 Å². The molecule has 2 atom stereocenters. The van der Waals surface area contributed by atoms with Crippen molar-refractivity contribution in [3.63, 3.8) is 0 Å². The van der Waals surface area contributed by atoms with Gasteiger partial charge in [-0.05, 0) is 42.0 Å². The summed E-state index contributed by atoms with van der Waals surface area (Å²) >= 11 is 0. The van der Waals surface area contributed by atoms with Gasteiger partial charge in [-0.15, -0.1) is 0 Å². The molecule has 5 nitrogen and oxygen atoms in total. The molecule has 2 aliphatic rings. The van der Waals surface area contributed by atoms with Crippen LogP contribution in [0.2, 0.25) is 0 Å². The molecule has 1 aliphatic carbocycles. The second-order valence-corrected chi connectivity index (χ2v) is 11.2. The molecule has 0 unspecified atom stereocenters. The Kier molecular flexibility index (Phi) is 5.81. The number of rotatable bonds is 7. The summed E-state index contributed by atoms with van der Waals surface area (Å²) in [5, 5.41) is 10.6. The molecule has 3 aromatic rings. The quantitative estimate of drug-likeness (QED) is 0.527. The van der Waals surface area contributed by atoms with Crippen molar-refractivity contribution in [3.05, 3.63) is 89.5 Å². The van der Waals surface area contributed by atoms with E-state index in [-0.39, 0.29) is 17.0 Å². The highest BCUT2D eigenvalue weighted by molar-refractivity contribution is 7.93. The lowest BCUT2D eigenvalue weighted by atomic mass is 9.87. The third-order valence-corrected chi connectivity index (χ3v) is 8.63. The molecule has 1 aliphatic heterocycles. The number of fused-ring (bicyclic) bond motifs is 1. The fraction of sp³-hybridized carbons (Fsp3) is 0.296. The minimum atomic E-state index is -3.39. The maximum absolute atomic E-state index is 12.9. The summed E-state index contributed by atoms with van der Waals surface area (Å²) in [6, 6.07) is 22.6. The molecular formula is C27H26O5S. The lowest BCUT2D eigenvalue weighted by molar-refractivity contribution is 0.0508. The lowest BCUT2D eigenvalue weighted by Crippen LogP contribution is -2.27. The number of benzene rings is 3. The van der Waals surface area contributed by atoms with Gasteiger partial charge in [-0.3, -0.25) is 4.79 Å². The van der Waals surface area contributed by atoms with Gasteiger partial charge in [0.2, 0.25) is 0 Å². The van der Waals surface area contributed by atoms with Crippen molar-refractivity contribution in [2.75, 3.05) is 12.4 Å². The van der Waals surface area contributed by atoms with Crippen molar-refractivity contribution in [2.45, 2.75) is 30.6 Å². The Hall–Kier alpha value is -2.96. The van der Waals surface area contributed by atoms with Gasteiger partial charge in [0.15, 0.2) is 15.6 Å². The number of Topliss-reactive ketones (excluding diaryl/α,β-unsaturated/α-hetero) is 1. The van der Waals surface area contributed by atoms with E-state index >= 15 is 0 Å². The zero-order valence-electron chi connectivity index (χ0n) is 18.2. The fourth-order valence-corrected chi connectivity index (χ4v) is 6.09. The molecule has 5 rings (SSSR count). The van der Waals surface area contributed by atoms with Crippen LogP contribution in [0.3, 0.4) is 0 Å². The van der Waals surface area contributed by atoms with Crippen LogP contribution >= 0.6 is 0 Å². The maximum atomic E-state index is 12.9. The van der Waals surface area contributed by atoms with Gasteiger partial charge in [0.25, 0.3) is 0 Å². The number of hydrogen-bond donors (Lipinski definition) is 1.